The molecule has 3 rings (SSSR count). The number of para-hydroxylation sites is 1. The fraction of sp³-hybridized carbons (Fsp3) is 0.231. The normalized spacial score (nSPS) is 19.1. The van der Waals surface area contributed by atoms with Crippen LogP contribution < -0.4 is 5.01 Å². The molecule has 0 bridgehead atoms. The molecular formula is C13H11N3O2S. The van der Waals surface area contributed by atoms with Crippen LogP contribution in [0.1, 0.15) is 13.8 Å². The molecule has 6 heteroatoms. The Morgan fingerprint density at radius 2 is 2.11 bits per heavy atom. The average Bonchev–Trinajstić information content (AvgIpc) is 2.89. The first-order chi connectivity index (χ1) is 9.08. The van der Waals surface area contributed by atoms with E-state index in [1.165, 1.54) is 23.3 Å². The smallest absolute Gasteiger partial charge is 0.265 e. The molecule has 1 aromatic carbocycles. The summed E-state index contributed by atoms with van der Waals surface area (Å²) >= 11 is 1.39. The van der Waals surface area contributed by atoms with Gasteiger partial charge >= 0.3 is 0 Å². The van der Waals surface area contributed by atoms with Crippen LogP contribution in [0.3, 0.4) is 0 Å². The third-order valence-corrected chi connectivity index (χ3v) is 4.01. The molecule has 5 nitrogen and oxygen atoms in total. The van der Waals surface area contributed by atoms with Crippen molar-refractivity contribution >= 4 is 44.1 Å². The molecule has 0 fully saturated rings. The van der Waals surface area contributed by atoms with Gasteiger partial charge in [-0.25, -0.2) is 4.98 Å². The van der Waals surface area contributed by atoms with Gasteiger partial charge in [-0.2, -0.15) is 10.1 Å². The van der Waals surface area contributed by atoms with Crippen molar-refractivity contribution in [3.63, 3.8) is 0 Å². The summed E-state index contributed by atoms with van der Waals surface area (Å²) in [5.74, 6) is -1.26. The topological polar surface area (TPSA) is 62.6 Å². The van der Waals surface area contributed by atoms with Crippen molar-refractivity contribution in [1.29, 1.82) is 0 Å². The molecule has 0 saturated carbocycles. The van der Waals surface area contributed by atoms with Crippen LogP contribution in [0.25, 0.3) is 10.2 Å². The molecular weight excluding hydrogens is 262 g/mol. The van der Waals surface area contributed by atoms with Crippen molar-refractivity contribution < 1.29 is 9.59 Å². The molecule has 1 atom stereocenters. The lowest BCUT2D eigenvalue weighted by Gasteiger charge is -2.08. The van der Waals surface area contributed by atoms with Gasteiger partial charge in [0.25, 0.3) is 5.91 Å². The molecule has 0 spiro atoms. The zero-order valence-corrected chi connectivity index (χ0v) is 11.3. The number of amides is 1. The van der Waals surface area contributed by atoms with E-state index < -0.39 is 5.92 Å². The number of benzene rings is 1. The first-order valence-electron chi connectivity index (χ1n) is 5.83. The summed E-state index contributed by atoms with van der Waals surface area (Å²) in [5.41, 5.74) is 1.35. The number of nitrogens with zero attached hydrogens (tertiary/aromatic N) is 3. The Kier molecular flexibility index (Phi) is 2.67. The van der Waals surface area contributed by atoms with Crippen molar-refractivity contribution in [1.82, 2.24) is 4.98 Å². The maximum Gasteiger partial charge on any atom is 0.265 e. The lowest BCUT2D eigenvalue weighted by Crippen LogP contribution is -2.31. The zero-order chi connectivity index (χ0) is 13.6. The maximum atomic E-state index is 12.2. The minimum absolute atomic E-state index is 0.185. The quantitative estimate of drug-likeness (QED) is 0.788. The summed E-state index contributed by atoms with van der Waals surface area (Å²) < 4.78 is 0.990. The molecule has 1 unspecified atom stereocenters. The van der Waals surface area contributed by atoms with Gasteiger partial charge in [-0.05, 0) is 26.0 Å². The summed E-state index contributed by atoms with van der Waals surface area (Å²) in [5, 5.41) is 5.92. The van der Waals surface area contributed by atoms with Crippen LogP contribution in [0, 0.1) is 5.92 Å². The van der Waals surface area contributed by atoms with Crippen molar-refractivity contribution in [2.24, 2.45) is 11.0 Å². The van der Waals surface area contributed by atoms with Crippen LogP contribution in [-0.2, 0) is 9.59 Å². The van der Waals surface area contributed by atoms with Gasteiger partial charge in [0.1, 0.15) is 11.7 Å². The summed E-state index contributed by atoms with van der Waals surface area (Å²) in [7, 11) is 0. The van der Waals surface area contributed by atoms with E-state index in [0.29, 0.717) is 10.8 Å². The molecule has 1 aliphatic rings. The number of hydrogen-bond donors (Lipinski definition) is 0. The number of Topliss-reactive ketones (excluding diaryl/α,β-unsaturated/α-hetero) is 1. The lowest BCUT2D eigenvalue weighted by atomic mass is 10.0. The third kappa shape index (κ3) is 1.84. The fourth-order valence-corrected chi connectivity index (χ4v) is 3.04. The lowest BCUT2D eigenvalue weighted by molar-refractivity contribution is -0.127. The van der Waals surface area contributed by atoms with Crippen molar-refractivity contribution in [3.05, 3.63) is 24.3 Å². The van der Waals surface area contributed by atoms with Gasteiger partial charge < -0.3 is 0 Å². The Morgan fingerprint density at radius 3 is 2.74 bits per heavy atom. The Morgan fingerprint density at radius 1 is 1.37 bits per heavy atom. The maximum absolute atomic E-state index is 12.2. The highest BCUT2D eigenvalue weighted by Gasteiger charge is 2.38. The largest absolute Gasteiger partial charge is 0.299 e. The van der Waals surface area contributed by atoms with Crippen LogP contribution >= 0.6 is 11.3 Å². The van der Waals surface area contributed by atoms with E-state index in [1.807, 2.05) is 24.3 Å². The van der Waals surface area contributed by atoms with E-state index in [0.717, 1.165) is 10.2 Å². The van der Waals surface area contributed by atoms with Gasteiger partial charge in [0.15, 0.2) is 0 Å². The second-order valence-corrected chi connectivity index (χ2v) is 5.41. The predicted molar refractivity (Wildman–Crippen MR) is 74.4 cm³/mol. The summed E-state index contributed by atoms with van der Waals surface area (Å²) in [4.78, 5) is 28.0. The van der Waals surface area contributed by atoms with Gasteiger partial charge in [0, 0.05) is 0 Å². The van der Waals surface area contributed by atoms with Gasteiger partial charge in [-0.3, -0.25) is 9.59 Å². The van der Waals surface area contributed by atoms with Crippen LogP contribution in [-0.4, -0.2) is 22.4 Å². The Hall–Kier alpha value is -2.08. The zero-order valence-electron chi connectivity index (χ0n) is 10.5. The van der Waals surface area contributed by atoms with Crippen molar-refractivity contribution in [2.75, 3.05) is 5.01 Å². The third-order valence-electron chi connectivity index (χ3n) is 3.00. The number of aromatic nitrogens is 1. The second-order valence-electron chi connectivity index (χ2n) is 4.40. The van der Waals surface area contributed by atoms with E-state index in [4.69, 9.17) is 0 Å². The Balaban J connectivity index is 2.04. The van der Waals surface area contributed by atoms with Crippen LogP contribution in [0.4, 0.5) is 5.13 Å². The number of carbonyl (C=O) groups is 2. The van der Waals surface area contributed by atoms with Crippen molar-refractivity contribution in [2.45, 2.75) is 13.8 Å². The first-order valence-corrected chi connectivity index (χ1v) is 6.64. The monoisotopic (exact) mass is 273 g/mol. The SMILES string of the molecule is CC(=O)C1C(=O)N(c2nc3ccccc3s2)N=C1C. The molecule has 1 aliphatic heterocycles. The number of carbonyl (C=O) groups excluding carboxylic acids is 2. The summed E-state index contributed by atoms with van der Waals surface area (Å²) in [6.07, 6.45) is 0. The molecule has 0 saturated heterocycles. The Labute approximate surface area is 113 Å². The molecule has 1 amide bonds. The van der Waals surface area contributed by atoms with E-state index in [-0.39, 0.29) is 11.7 Å². The van der Waals surface area contributed by atoms with Gasteiger partial charge in [-0.15, -0.1) is 0 Å². The van der Waals surface area contributed by atoms with Crippen molar-refractivity contribution in [3.8, 4) is 0 Å². The highest BCUT2D eigenvalue weighted by molar-refractivity contribution is 7.22. The molecule has 1 aromatic heterocycles. The average molecular weight is 273 g/mol. The minimum atomic E-state index is -0.757. The number of rotatable bonds is 2. The molecule has 96 valence electrons. The van der Waals surface area contributed by atoms with Gasteiger partial charge in [0.05, 0.1) is 15.9 Å². The molecule has 0 radical (unpaired) electrons. The van der Waals surface area contributed by atoms with Gasteiger partial charge in [0.2, 0.25) is 5.13 Å². The van der Waals surface area contributed by atoms with E-state index >= 15 is 0 Å². The highest BCUT2D eigenvalue weighted by Crippen LogP contribution is 2.32. The number of ketones is 1. The molecule has 0 N–H and O–H groups in total. The molecule has 0 aliphatic carbocycles. The Bertz CT molecular complexity index is 687. The molecule has 2 aromatic rings. The van der Waals surface area contributed by atoms with Gasteiger partial charge in [-0.1, -0.05) is 23.5 Å². The fourth-order valence-electron chi connectivity index (χ4n) is 2.12. The van der Waals surface area contributed by atoms with Crippen LogP contribution in [0.15, 0.2) is 29.4 Å². The molecule has 2 heterocycles. The summed E-state index contributed by atoms with van der Waals surface area (Å²) in [6.45, 7) is 3.10. The molecule has 19 heavy (non-hydrogen) atoms. The summed E-state index contributed by atoms with van der Waals surface area (Å²) in [6, 6.07) is 7.64. The van der Waals surface area contributed by atoms with Crippen LogP contribution in [0.5, 0.6) is 0 Å². The number of thiazole rings is 1. The number of hydrazone groups is 1. The number of anilines is 1. The van der Waals surface area contributed by atoms with E-state index in [1.54, 1.807) is 6.92 Å². The van der Waals surface area contributed by atoms with E-state index in [2.05, 4.69) is 10.1 Å². The van der Waals surface area contributed by atoms with E-state index in [9.17, 15) is 9.59 Å². The highest BCUT2D eigenvalue weighted by atomic mass is 32.1. The standard InChI is InChI=1S/C13H11N3O2S/c1-7-11(8(2)17)12(18)16(15-7)13-14-9-5-3-4-6-10(9)19-13/h3-6,11H,1-2H3. The number of hydrogen-bond acceptors (Lipinski definition) is 5. The first kappa shape index (κ1) is 12.0. The predicted octanol–water partition coefficient (Wildman–Crippen LogP) is 2.22. The second kappa shape index (κ2) is 4.24. The minimum Gasteiger partial charge on any atom is -0.299 e. The number of fused-ring (bicyclic) bond motifs is 1. The van der Waals surface area contributed by atoms with Crippen LogP contribution in [0.2, 0.25) is 0 Å².